The number of halogens is 1. The van der Waals surface area contributed by atoms with Gasteiger partial charge >= 0.3 is 0 Å². The van der Waals surface area contributed by atoms with Crippen molar-refractivity contribution in [3.05, 3.63) is 23.2 Å². The van der Waals surface area contributed by atoms with Gasteiger partial charge in [0.1, 0.15) is 0 Å². The zero-order valence-corrected chi connectivity index (χ0v) is 9.20. The third kappa shape index (κ3) is 2.44. The molecule has 0 radical (unpaired) electrons. The predicted molar refractivity (Wildman–Crippen MR) is 62.7 cm³/mol. The first-order chi connectivity index (χ1) is 7.69. The molecule has 0 fully saturated rings. The number of hydrogen-bond acceptors (Lipinski definition) is 4. The highest BCUT2D eigenvalue weighted by Crippen LogP contribution is 2.18. The normalized spacial score (nSPS) is 12.9. The Morgan fingerprint density at radius 1 is 1.50 bits per heavy atom. The molecular weight excluding hydrogens is 230 g/mol. The molecule has 1 heterocycles. The van der Waals surface area contributed by atoms with E-state index >= 15 is 0 Å². The summed E-state index contributed by atoms with van der Waals surface area (Å²) >= 11 is 5.84. The molecule has 0 spiro atoms. The Balaban J connectivity index is 2.13. The van der Waals surface area contributed by atoms with Gasteiger partial charge in [0.2, 0.25) is 5.95 Å². The molecular formula is C10H12ClN3O2. The maximum Gasteiger partial charge on any atom is 0.201 e. The van der Waals surface area contributed by atoms with Gasteiger partial charge in [-0.05, 0) is 18.2 Å². The van der Waals surface area contributed by atoms with Crippen LogP contribution in [0.5, 0.6) is 0 Å². The van der Waals surface area contributed by atoms with Crippen LogP contribution in [0, 0.1) is 0 Å². The van der Waals surface area contributed by atoms with Crippen LogP contribution in [0.2, 0.25) is 5.02 Å². The van der Waals surface area contributed by atoms with Gasteiger partial charge in [-0.1, -0.05) is 11.6 Å². The van der Waals surface area contributed by atoms with Crippen molar-refractivity contribution in [2.45, 2.75) is 6.10 Å². The van der Waals surface area contributed by atoms with Crippen molar-refractivity contribution >= 4 is 28.6 Å². The molecule has 0 saturated heterocycles. The predicted octanol–water partition coefficient (Wildman–Crippen LogP) is 0.981. The lowest BCUT2D eigenvalue weighted by molar-refractivity contribution is 0.105. The van der Waals surface area contributed by atoms with Gasteiger partial charge in [0, 0.05) is 11.6 Å². The monoisotopic (exact) mass is 241 g/mol. The summed E-state index contributed by atoms with van der Waals surface area (Å²) in [6.45, 7) is -0.0386. The smallest absolute Gasteiger partial charge is 0.201 e. The number of hydrogen-bond donors (Lipinski definition) is 4. The number of H-pyrrole nitrogens is 1. The van der Waals surface area contributed by atoms with E-state index in [9.17, 15) is 0 Å². The van der Waals surface area contributed by atoms with Gasteiger partial charge in [0.25, 0.3) is 0 Å². The van der Waals surface area contributed by atoms with Crippen molar-refractivity contribution in [3.63, 3.8) is 0 Å². The first-order valence-electron chi connectivity index (χ1n) is 4.87. The zero-order valence-electron chi connectivity index (χ0n) is 8.44. The van der Waals surface area contributed by atoms with Crippen LogP contribution in [0.25, 0.3) is 11.0 Å². The van der Waals surface area contributed by atoms with Gasteiger partial charge in [0.15, 0.2) is 0 Å². The number of rotatable bonds is 4. The number of benzene rings is 1. The van der Waals surface area contributed by atoms with Crippen molar-refractivity contribution in [2.75, 3.05) is 18.5 Å². The standard InChI is InChI=1S/C10H12ClN3O2/c11-6-1-2-8-9(3-6)14-10(13-8)12-4-7(16)5-15/h1-3,7,15-16H,4-5H2,(H2,12,13,14). The number of nitrogens with zero attached hydrogens (tertiary/aromatic N) is 1. The van der Waals surface area contributed by atoms with Crippen LogP contribution in [0.15, 0.2) is 18.2 Å². The van der Waals surface area contributed by atoms with Crippen LogP contribution in [0.3, 0.4) is 0 Å². The molecule has 5 nitrogen and oxygen atoms in total. The largest absolute Gasteiger partial charge is 0.394 e. The highest BCUT2D eigenvalue weighted by atomic mass is 35.5. The number of nitrogens with one attached hydrogen (secondary N) is 2. The second-order valence-corrected chi connectivity index (χ2v) is 3.90. The molecule has 0 bridgehead atoms. The maximum absolute atomic E-state index is 9.16. The van der Waals surface area contributed by atoms with E-state index in [0.29, 0.717) is 11.0 Å². The molecule has 86 valence electrons. The van der Waals surface area contributed by atoms with Crippen molar-refractivity contribution in [2.24, 2.45) is 0 Å². The zero-order chi connectivity index (χ0) is 11.5. The van der Waals surface area contributed by atoms with Crippen molar-refractivity contribution in [1.29, 1.82) is 0 Å². The molecule has 0 aliphatic rings. The van der Waals surface area contributed by atoms with Crippen LogP contribution in [0.4, 0.5) is 5.95 Å². The molecule has 1 unspecified atom stereocenters. The molecule has 2 rings (SSSR count). The van der Waals surface area contributed by atoms with Gasteiger partial charge < -0.3 is 20.5 Å². The van der Waals surface area contributed by atoms with E-state index in [0.717, 1.165) is 11.0 Å². The first-order valence-corrected chi connectivity index (χ1v) is 5.25. The quantitative estimate of drug-likeness (QED) is 0.643. The lowest BCUT2D eigenvalue weighted by Crippen LogP contribution is -2.23. The Hall–Kier alpha value is -1.30. The number of aromatic nitrogens is 2. The fourth-order valence-electron chi connectivity index (χ4n) is 1.34. The molecule has 0 aliphatic heterocycles. The van der Waals surface area contributed by atoms with Crippen LogP contribution in [-0.4, -0.2) is 39.4 Å². The molecule has 1 aromatic carbocycles. The highest BCUT2D eigenvalue weighted by Gasteiger charge is 2.05. The molecule has 4 N–H and O–H groups in total. The lowest BCUT2D eigenvalue weighted by atomic mass is 10.3. The summed E-state index contributed by atoms with van der Waals surface area (Å²) in [5.41, 5.74) is 1.62. The topological polar surface area (TPSA) is 81.2 Å². The SMILES string of the molecule is OCC(O)CNc1nc2ccc(Cl)cc2[nH]1. The van der Waals surface area contributed by atoms with Crippen LogP contribution >= 0.6 is 11.6 Å². The van der Waals surface area contributed by atoms with Crippen LogP contribution < -0.4 is 5.32 Å². The first kappa shape index (κ1) is 11.2. The number of fused-ring (bicyclic) bond motifs is 1. The number of imidazole rings is 1. The maximum atomic E-state index is 9.16. The molecule has 0 amide bonds. The van der Waals surface area contributed by atoms with Crippen molar-refractivity contribution in [1.82, 2.24) is 9.97 Å². The van der Waals surface area contributed by atoms with Gasteiger partial charge in [-0.15, -0.1) is 0 Å². The van der Waals surface area contributed by atoms with Crippen LogP contribution in [-0.2, 0) is 0 Å². The third-order valence-electron chi connectivity index (χ3n) is 2.16. The molecule has 0 aliphatic carbocycles. The van der Waals surface area contributed by atoms with E-state index in [-0.39, 0.29) is 13.2 Å². The highest BCUT2D eigenvalue weighted by molar-refractivity contribution is 6.31. The Morgan fingerprint density at radius 3 is 3.06 bits per heavy atom. The van der Waals surface area contributed by atoms with Gasteiger partial charge in [0.05, 0.1) is 23.7 Å². The second-order valence-electron chi connectivity index (χ2n) is 3.46. The van der Waals surface area contributed by atoms with E-state index in [4.69, 9.17) is 21.8 Å². The number of aliphatic hydroxyl groups is 2. The number of aliphatic hydroxyl groups excluding tert-OH is 2. The minimum Gasteiger partial charge on any atom is -0.394 e. The fraction of sp³-hybridized carbons (Fsp3) is 0.300. The molecule has 16 heavy (non-hydrogen) atoms. The van der Waals surface area contributed by atoms with Crippen molar-refractivity contribution < 1.29 is 10.2 Å². The lowest BCUT2D eigenvalue weighted by Gasteiger charge is -2.06. The van der Waals surface area contributed by atoms with E-state index in [1.165, 1.54) is 0 Å². The van der Waals surface area contributed by atoms with E-state index in [1.54, 1.807) is 12.1 Å². The Kier molecular flexibility index (Phi) is 3.28. The van der Waals surface area contributed by atoms with E-state index < -0.39 is 6.10 Å². The summed E-state index contributed by atoms with van der Waals surface area (Å²) in [6, 6.07) is 5.34. The van der Waals surface area contributed by atoms with Crippen LogP contribution in [0.1, 0.15) is 0 Å². The average Bonchev–Trinajstić information content (AvgIpc) is 2.67. The van der Waals surface area contributed by atoms with Gasteiger partial charge in [-0.2, -0.15) is 0 Å². The fourth-order valence-corrected chi connectivity index (χ4v) is 1.52. The number of aromatic amines is 1. The molecule has 1 atom stereocenters. The average molecular weight is 242 g/mol. The molecule has 0 saturated carbocycles. The summed E-state index contributed by atoms with van der Waals surface area (Å²) in [4.78, 5) is 7.26. The Bertz CT molecular complexity index is 486. The van der Waals surface area contributed by atoms with Crippen molar-refractivity contribution in [3.8, 4) is 0 Å². The molecule has 2 aromatic rings. The summed E-state index contributed by atoms with van der Waals surface area (Å²) < 4.78 is 0. The van der Waals surface area contributed by atoms with E-state index in [1.807, 2.05) is 6.07 Å². The van der Waals surface area contributed by atoms with Gasteiger partial charge in [-0.3, -0.25) is 0 Å². The summed E-state index contributed by atoms with van der Waals surface area (Å²) in [7, 11) is 0. The van der Waals surface area contributed by atoms with E-state index in [2.05, 4.69) is 15.3 Å². The molecule has 6 heteroatoms. The minimum absolute atomic E-state index is 0.240. The third-order valence-corrected chi connectivity index (χ3v) is 2.39. The number of anilines is 1. The second kappa shape index (κ2) is 4.69. The molecule has 1 aromatic heterocycles. The summed E-state index contributed by atoms with van der Waals surface area (Å²) in [5.74, 6) is 0.546. The minimum atomic E-state index is -0.795. The Labute approximate surface area is 97.1 Å². The summed E-state index contributed by atoms with van der Waals surface area (Å²) in [6.07, 6.45) is -0.795. The Morgan fingerprint density at radius 2 is 2.31 bits per heavy atom. The summed E-state index contributed by atoms with van der Waals surface area (Å²) in [5, 5.41) is 21.3. The van der Waals surface area contributed by atoms with Gasteiger partial charge in [-0.25, -0.2) is 4.98 Å².